The molecule has 7 heteroatoms. The van der Waals surface area contributed by atoms with Gasteiger partial charge in [-0.3, -0.25) is 19.1 Å². The number of aryl methyl sites for hydroxylation is 1. The zero-order valence-corrected chi connectivity index (χ0v) is 15.7. The third-order valence-electron chi connectivity index (χ3n) is 4.10. The Balaban J connectivity index is 1.44. The second kappa shape index (κ2) is 9.45. The molecule has 0 bridgehead atoms. The minimum atomic E-state index is -0.260. The molecule has 1 aromatic carbocycles. The van der Waals surface area contributed by atoms with Crippen LogP contribution in [0.4, 0.5) is 0 Å². The first kappa shape index (κ1) is 19.3. The van der Waals surface area contributed by atoms with Crippen molar-refractivity contribution >= 4 is 23.0 Å². The highest BCUT2D eigenvalue weighted by atomic mass is 16.5. The van der Waals surface area contributed by atoms with Crippen LogP contribution in [0.2, 0.25) is 0 Å². The highest BCUT2D eigenvalue weighted by Gasteiger charge is 2.03. The van der Waals surface area contributed by atoms with Gasteiger partial charge in [0.25, 0.3) is 5.56 Å². The molecule has 0 aliphatic rings. The van der Waals surface area contributed by atoms with Crippen LogP contribution in [-0.4, -0.2) is 33.6 Å². The highest BCUT2D eigenvalue weighted by Crippen LogP contribution is 2.09. The Labute approximate surface area is 162 Å². The van der Waals surface area contributed by atoms with E-state index >= 15 is 0 Å². The Morgan fingerprint density at radius 3 is 3.00 bits per heavy atom. The van der Waals surface area contributed by atoms with Crippen molar-refractivity contribution in [1.29, 1.82) is 0 Å². The number of hydrogen-bond donors (Lipinski definition) is 1. The lowest BCUT2D eigenvalue weighted by Crippen LogP contribution is -2.23. The fraction of sp³-hybridized carbons (Fsp3) is 0.238. The van der Waals surface area contributed by atoms with Crippen molar-refractivity contribution in [2.45, 2.75) is 19.8 Å². The van der Waals surface area contributed by atoms with E-state index in [1.165, 1.54) is 23.2 Å². The van der Waals surface area contributed by atoms with E-state index in [1.807, 2.05) is 31.2 Å². The highest BCUT2D eigenvalue weighted by molar-refractivity contribution is 5.90. The number of rotatable bonds is 8. The van der Waals surface area contributed by atoms with Gasteiger partial charge in [0, 0.05) is 25.0 Å². The van der Waals surface area contributed by atoms with Crippen molar-refractivity contribution in [2.75, 3.05) is 13.2 Å². The van der Waals surface area contributed by atoms with E-state index in [4.69, 9.17) is 4.74 Å². The van der Waals surface area contributed by atoms with Crippen molar-refractivity contribution in [2.24, 2.45) is 0 Å². The van der Waals surface area contributed by atoms with Gasteiger partial charge in [0.15, 0.2) is 0 Å². The van der Waals surface area contributed by atoms with E-state index in [2.05, 4.69) is 15.3 Å². The van der Waals surface area contributed by atoms with Gasteiger partial charge in [-0.15, -0.1) is 0 Å². The lowest BCUT2D eigenvalue weighted by molar-refractivity contribution is -0.116. The number of carbonyl (C=O) groups excluding carboxylic acids is 1. The maximum atomic E-state index is 12.5. The SMILES string of the molecule is Cc1ccc2ncn(C=CC(=O)NCCCCOc3cccnc3)c(=O)c2c1. The van der Waals surface area contributed by atoms with E-state index in [-0.39, 0.29) is 11.5 Å². The van der Waals surface area contributed by atoms with Gasteiger partial charge in [-0.2, -0.15) is 0 Å². The number of ether oxygens (including phenoxy) is 1. The summed E-state index contributed by atoms with van der Waals surface area (Å²) in [6, 6.07) is 9.18. The predicted molar refractivity (Wildman–Crippen MR) is 108 cm³/mol. The molecule has 144 valence electrons. The van der Waals surface area contributed by atoms with Crippen molar-refractivity contribution in [1.82, 2.24) is 19.9 Å². The van der Waals surface area contributed by atoms with Crippen LogP contribution < -0.4 is 15.6 Å². The Bertz CT molecular complexity index is 1030. The van der Waals surface area contributed by atoms with E-state index in [1.54, 1.807) is 18.5 Å². The van der Waals surface area contributed by atoms with Crippen LogP contribution in [0.15, 0.2) is 59.9 Å². The lowest BCUT2D eigenvalue weighted by atomic mass is 10.2. The van der Waals surface area contributed by atoms with E-state index < -0.39 is 0 Å². The van der Waals surface area contributed by atoms with Gasteiger partial charge < -0.3 is 10.1 Å². The number of carbonyl (C=O) groups is 1. The number of nitrogens with zero attached hydrogens (tertiary/aromatic N) is 3. The molecule has 1 amide bonds. The fourth-order valence-electron chi connectivity index (χ4n) is 2.62. The van der Waals surface area contributed by atoms with E-state index in [9.17, 15) is 9.59 Å². The van der Waals surface area contributed by atoms with Crippen molar-refractivity contribution < 1.29 is 9.53 Å². The Morgan fingerprint density at radius 1 is 1.29 bits per heavy atom. The summed E-state index contributed by atoms with van der Waals surface area (Å²) >= 11 is 0. The van der Waals surface area contributed by atoms with Crippen molar-refractivity contribution in [3.8, 4) is 5.75 Å². The largest absolute Gasteiger partial charge is 0.492 e. The molecule has 2 aromatic heterocycles. The first-order valence-electron chi connectivity index (χ1n) is 9.10. The Kier molecular flexibility index (Phi) is 6.51. The number of aromatic nitrogens is 3. The van der Waals surface area contributed by atoms with Gasteiger partial charge >= 0.3 is 0 Å². The quantitative estimate of drug-likeness (QED) is 0.481. The summed E-state index contributed by atoms with van der Waals surface area (Å²) in [5.41, 5.74) is 1.42. The monoisotopic (exact) mass is 378 g/mol. The second-order valence-electron chi connectivity index (χ2n) is 6.33. The van der Waals surface area contributed by atoms with Crippen molar-refractivity contribution in [3.05, 3.63) is 71.0 Å². The smallest absolute Gasteiger partial charge is 0.265 e. The van der Waals surface area contributed by atoms with Crippen molar-refractivity contribution in [3.63, 3.8) is 0 Å². The molecule has 0 aliphatic heterocycles. The zero-order valence-electron chi connectivity index (χ0n) is 15.7. The molecule has 0 fully saturated rings. The number of benzene rings is 1. The van der Waals surface area contributed by atoms with E-state index in [0.717, 1.165) is 24.2 Å². The molecular formula is C21H22N4O3. The summed E-state index contributed by atoms with van der Waals surface area (Å²) in [6.07, 6.45) is 9.13. The summed E-state index contributed by atoms with van der Waals surface area (Å²) in [7, 11) is 0. The van der Waals surface area contributed by atoms with Gasteiger partial charge in [-0.05, 0) is 44.0 Å². The summed E-state index contributed by atoms with van der Waals surface area (Å²) in [5, 5.41) is 3.32. The molecule has 3 aromatic rings. The molecule has 0 unspecified atom stereocenters. The molecular weight excluding hydrogens is 356 g/mol. The fourth-order valence-corrected chi connectivity index (χ4v) is 2.62. The normalized spacial score (nSPS) is 11.0. The number of pyridine rings is 1. The number of amides is 1. The average molecular weight is 378 g/mol. The molecule has 7 nitrogen and oxygen atoms in total. The van der Waals surface area contributed by atoms with Crippen LogP contribution in [0, 0.1) is 6.92 Å². The van der Waals surface area contributed by atoms with Crippen LogP contribution in [0.25, 0.3) is 17.1 Å². The van der Waals surface area contributed by atoms with E-state index in [0.29, 0.717) is 24.1 Å². The molecule has 0 saturated heterocycles. The van der Waals surface area contributed by atoms with Crippen LogP contribution in [0.5, 0.6) is 5.75 Å². The second-order valence-corrected chi connectivity index (χ2v) is 6.33. The van der Waals surface area contributed by atoms with Gasteiger partial charge in [-0.1, -0.05) is 11.6 Å². The maximum Gasteiger partial charge on any atom is 0.265 e. The third-order valence-corrected chi connectivity index (χ3v) is 4.10. The first-order valence-corrected chi connectivity index (χ1v) is 9.10. The maximum absolute atomic E-state index is 12.5. The minimum Gasteiger partial charge on any atom is -0.492 e. The molecule has 0 spiro atoms. The summed E-state index contributed by atoms with van der Waals surface area (Å²) in [4.78, 5) is 32.6. The van der Waals surface area contributed by atoms with Gasteiger partial charge in [0.2, 0.25) is 5.91 Å². The standard InChI is InChI=1S/C21H22N4O3/c1-16-6-7-19-18(13-16)21(27)25(15-24-19)11-8-20(26)23-10-2-3-12-28-17-5-4-9-22-14-17/h4-9,11,13-15H,2-3,10,12H2,1H3,(H,23,26). The first-order chi connectivity index (χ1) is 13.6. The van der Waals surface area contributed by atoms with Gasteiger partial charge in [-0.25, -0.2) is 4.98 Å². The number of fused-ring (bicyclic) bond motifs is 1. The van der Waals surface area contributed by atoms with Crippen LogP contribution in [-0.2, 0) is 4.79 Å². The molecule has 3 rings (SSSR count). The Hall–Kier alpha value is -3.48. The average Bonchev–Trinajstić information content (AvgIpc) is 2.71. The molecule has 0 atom stereocenters. The number of hydrogen-bond acceptors (Lipinski definition) is 5. The van der Waals surface area contributed by atoms with Crippen LogP contribution >= 0.6 is 0 Å². The summed E-state index contributed by atoms with van der Waals surface area (Å²) in [6.45, 7) is 3.01. The van der Waals surface area contributed by atoms with Gasteiger partial charge in [0.1, 0.15) is 12.1 Å². The molecule has 1 N–H and O–H groups in total. The predicted octanol–water partition coefficient (Wildman–Crippen LogP) is 2.55. The minimum absolute atomic E-state index is 0.203. The van der Waals surface area contributed by atoms with Gasteiger partial charge in [0.05, 0.1) is 23.7 Å². The Morgan fingerprint density at radius 2 is 2.18 bits per heavy atom. The number of nitrogens with one attached hydrogen (secondary N) is 1. The number of unbranched alkanes of at least 4 members (excludes halogenated alkanes) is 1. The van der Waals surface area contributed by atoms with Crippen LogP contribution in [0.1, 0.15) is 18.4 Å². The molecule has 2 heterocycles. The lowest BCUT2D eigenvalue weighted by Gasteiger charge is -2.06. The topological polar surface area (TPSA) is 86.1 Å². The molecule has 0 saturated carbocycles. The zero-order chi connectivity index (χ0) is 19.8. The summed E-state index contributed by atoms with van der Waals surface area (Å²) < 4.78 is 6.85. The molecule has 28 heavy (non-hydrogen) atoms. The summed E-state index contributed by atoms with van der Waals surface area (Å²) in [5.74, 6) is 0.475. The van der Waals surface area contributed by atoms with Crippen LogP contribution in [0.3, 0.4) is 0 Å². The third kappa shape index (κ3) is 5.26. The molecule has 0 radical (unpaired) electrons. The molecule has 0 aliphatic carbocycles.